The lowest BCUT2D eigenvalue weighted by atomic mass is 10.0. The third-order valence-corrected chi connectivity index (χ3v) is 3.97. The molecule has 0 aliphatic rings. The van der Waals surface area contributed by atoms with Crippen molar-refractivity contribution in [1.29, 1.82) is 0 Å². The van der Waals surface area contributed by atoms with Crippen LogP contribution in [0.4, 0.5) is 0 Å². The van der Waals surface area contributed by atoms with E-state index in [0.29, 0.717) is 6.04 Å². The van der Waals surface area contributed by atoms with E-state index in [1.54, 1.807) is 0 Å². The van der Waals surface area contributed by atoms with Gasteiger partial charge in [-0.15, -0.1) is 0 Å². The van der Waals surface area contributed by atoms with Crippen LogP contribution in [0.25, 0.3) is 0 Å². The molecule has 0 fully saturated rings. The fourth-order valence-electron chi connectivity index (χ4n) is 1.55. The maximum atomic E-state index is 6.11. The number of benzene rings is 1. The predicted octanol–water partition coefficient (Wildman–Crippen LogP) is 4.40. The lowest BCUT2D eigenvalue weighted by molar-refractivity contribution is 0.518. The molecule has 0 aromatic heterocycles. The Balaban J connectivity index is 2.78. The Morgan fingerprint density at radius 3 is 2.67 bits per heavy atom. The summed E-state index contributed by atoms with van der Waals surface area (Å²) < 4.78 is 1.11. The monoisotopic (exact) mass is 337 g/mol. The fraction of sp³-hybridized carbons (Fsp3) is 0.500. The molecule has 0 saturated carbocycles. The molecule has 0 heterocycles. The zero-order chi connectivity index (χ0) is 11.3. The van der Waals surface area contributed by atoms with Crippen LogP contribution in [0.3, 0.4) is 0 Å². The molecule has 0 amide bonds. The van der Waals surface area contributed by atoms with Crippen molar-refractivity contribution in [3.63, 3.8) is 0 Å². The van der Waals surface area contributed by atoms with Gasteiger partial charge < -0.3 is 5.32 Å². The molecule has 1 aromatic rings. The SMILES string of the molecule is CCCNC(CC)c1ccc(I)c(Cl)c1. The molecular formula is C12H17ClIN. The summed E-state index contributed by atoms with van der Waals surface area (Å²) in [5, 5.41) is 4.37. The van der Waals surface area contributed by atoms with Gasteiger partial charge in [-0.3, -0.25) is 0 Å². The van der Waals surface area contributed by atoms with Gasteiger partial charge in [0.1, 0.15) is 0 Å². The van der Waals surface area contributed by atoms with Gasteiger partial charge >= 0.3 is 0 Å². The molecule has 1 unspecified atom stereocenters. The minimum absolute atomic E-state index is 0.430. The highest BCUT2D eigenvalue weighted by Gasteiger charge is 2.09. The van der Waals surface area contributed by atoms with E-state index in [0.717, 1.165) is 28.0 Å². The van der Waals surface area contributed by atoms with Crippen LogP contribution in [0, 0.1) is 3.57 Å². The largest absolute Gasteiger partial charge is 0.310 e. The van der Waals surface area contributed by atoms with Crippen molar-refractivity contribution >= 4 is 34.2 Å². The molecule has 84 valence electrons. The zero-order valence-electron chi connectivity index (χ0n) is 9.19. The van der Waals surface area contributed by atoms with E-state index in [4.69, 9.17) is 11.6 Å². The van der Waals surface area contributed by atoms with Crippen LogP contribution in [-0.4, -0.2) is 6.54 Å². The van der Waals surface area contributed by atoms with Gasteiger partial charge in [0.25, 0.3) is 0 Å². The minimum Gasteiger partial charge on any atom is -0.310 e. The first kappa shape index (κ1) is 13.3. The van der Waals surface area contributed by atoms with Gasteiger partial charge in [0.05, 0.1) is 5.02 Å². The zero-order valence-corrected chi connectivity index (χ0v) is 12.1. The van der Waals surface area contributed by atoms with Gasteiger partial charge in [0, 0.05) is 9.61 Å². The van der Waals surface area contributed by atoms with Crippen molar-refractivity contribution < 1.29 is 0 Å². The summed E-state index contributed by atoms with van der Waals surface area (Å²) in [5.41, 5.74) is 1.29. The van der Waals surface area contributed by atoms with Crippen LogP contribution in [0.2, 0.25) is 5.02 Å². The first-order valence-electron chi connectivity index (χ1n) is 5.37. The summed E-state index contributed by atoms with van der Waals surface area (Å²) in [7, 11) is 0. The van der Waals surface area contributed by atoms with Crippen LogP contribution in [0.5, 0.6) is 0 Å². The van der Waals surface area contributed by atoms with Gasteiger partial charge in [0.15, 0.2) is 0 Å². The Hall–Kier alpha value is 0.200. The summed E-state index contributed by atoms with van der Waals surface area (Å²) in [6, 6.07) is 6.73. The van der Waals surface area contributed by atoms with Crippen molar-refractivity contribution in [1.82, 2.24) is 5.32 Å². The van der Waals surface area contributed by atoms with Crippen LogP contribution in [0.1, 0.15) is 38.3 Å². The number of halogens is 2. The van der Waals surface area contributed by atoms with Gasteiger partial charge in [0.2, 0.25) is 0 Å². The quantitative estimate of drug-likeness (QED) is 0.786. The number of rotatable bonds is 5. The van der Waals surface area contributed by atoms with Crippen LogP contribution >= 0.6 is 34.2 Å². The van der Waals surface area contributed by atoms with E-state index in [2.05, 4.69) is 60.0 Å². The van der Waals surface area contributed by atoms with Crippen molar-refractivity contribution in [3.8, 4) is 0 Å². The van der Waals surface area contributed by atoms with Gasteiger partial charge in [-0.2, -0.15) is 0 Å². The van der Waals surface area contributed by atoms with Crippen molar-refractivity contribution in [2.24, 2.45) is 0 Å². The molecule has 3 heteroatoms. The molecule has 1 rings (SSSR count). The molecular weight excluding hydrogens is 320 g/mol. The molecule has 1 N–H and O–H groups in total. The fourth-order valence-corrected chi connectivity index (χ4v) is 2.07. The Bertz CT molecular complexity index is 314. The first-order chi connectivity index (χ1) is 7.19. The number of nitrogens with one attached hydrogen (secondary N) is 1. The first-order valence-corrected chi connectivity index (χ1v) is 6.83. The molecule has 1 atom stereocenters. The summed E-state index contributed by atoms with van der Waals surface area (Å²) >= 11 is 8.37. The highest BCUT2D eigenvalue weighted by Crippen LogP contribution is 2.24. The van der Waals surface area contributed by atoms with Gasteiger partial charge in [-0.1, -0.05) is 31.5 Å². The second-order valence-corrected chi connectivity index (χ2v) is 5.16. The van der Waals surface area contributed by atoms with E-state index >= 15 is 0 Å². The third-order valence-electron chi connectivity index (χ3n) is 2.40. The van der Waals surface area contributed by atoms with Crippen LogP contribution < -0.4 is 5.32 Å². The second kappa shape index (κ2) is 6.71. The van der Waals surface area contributed by atoms with E-state index in [-0.39, 0.29) is 0 Å². The Morgan fingerprint density at radius 1 is 1.40 bits per heavy atom. The van der Waals surface area contributed by atoms with Crippen LogP contribution in [-0.2, 0) is 0 Å². The van der Waals surface area contributed by atoms with Gasteiger partial charge in [-0.25, -0.2) is 0 Å². The number of hydrogen-bond donors (Lipinski definition) is 1. The highest BCUT2D eigenvalue weighted by molar-refractivity contribution is 14.1. The molecule has 0 aliphatic heterocycles. The van der Waals surface area contributed by atoms with Crippen molar-refractivity contribution in [3.05, 3.63) is 32.4 Å². The Kier molecular flexibility index (Phi) is 5.94. The van der Waals surface area contributed by atoms with Crippen molar-refractivity contribution in [2.45, 2.75) is 32.7 Å². The van der Waals surface area contributed by atoms with Gasteiger partial charge in [-0.05, 0) is 59.7 Å². The van der Waals surface area contributed by atoms with Crippen LogP contribution in [0.15, 0.2) is 18.2 Å². The molecule has 0 aliphatic carbocycles. The highest BCUT2D eigenvalue weighted by atomic mass is 127. The molecule has 0 saturated heterocycles. The van der Waals surface area contributed by atoms with E-state index in [9.17, 15) is 0 Å². The molecule has 0 bridgehead atoms. The van der Waals surface area contributed by atoms with E-state index in [1.165, 1.54) is 5.56 Å². The maximum absolute atomic E-state index is 6.11. The third kappa shape index (κ3) is 3.93. The summed E-state index contributed by atoms with van der Waals surface area (Å²) in [5.74, 6) is 0. The predicted molar refractivity (Wildman–Crippen MR) is 75.5 cm³/mol. The Labute approximate surface area is 111 Å². The average molecular weight is 338 g/mol. The molecule has 1 nitrogen and oxygen atoms in total. The summed E-state index contributed by atoms with van der Waals surface area (Å²) in [4.78, 5) is 0. The smallest absolute Gasteiger partial charge is 0.0542 e. The number of hydrogen-bond acceptors (Lipinski definition) is 1. The lowest BCUT2D eigenvalue weighted by Gasteiger charge is -2.17. The summed E-state index contributed by atoms with van der Waals surface area (Å²) in [6.07, 6.45) is 2.26. The topological polar surface area (TPSA) is 12.0 Å². The van der Waals surface area contributed by atoms with E-state index < -0.39 is 0 Å². The van der Waals surface area contributed by atoms with E-state index in [1.807, 2.05) is 0 Å². The minimum atomic E-state index is 0.430. The molecule has 15 heavy (non-hydrogen) atoms. The maximum Gasteiger partial charge on any atom is 0.0542 e. The lowest BCUT2D eigenvalue weighted by Crippen LogP contribution is -2.21. The average Bonchev–Trinajstić information content (AvgIpc) is 2.24. The normalized spacial score (nSPS) is 12.8. The Morgan fingerprint density at radius 2 is 2.13 bits per heavy atom. The summed E-state index contributed by atoms with van der Waals surface area (Å²) in [6.45, 7) is 5.43. The standard InChI is InChI=1S/C12H17ClIN/c1-3-7-15-12(4-2)9-5-6-11(14)10(13)8-9/h5-6,8,12,15H,3-4,7H2,1-2H3. The second-order valence-electron chi connectivity index (χ2n) is 3.59. The molecule has 0 spiro atoms. The molecule has 1 aromatic carbocycles. The van der Waals surface area contributed by atoms with Crippen molar-refractivity contribution in [2.75, 3.05) is 6.54 Å². The molecule has 0 radical (unpaired) electrons.